The van der Waals surface area contributed by atoms with Gasteiger partial charge in [-0.25, -0.2) is 8.42 Å². The van der Waals surface area contributed by atoms with Crippen LogP contribution in [0.25, 0.3) is 0 Å². The van der Waals surface area contributed by atoms with Crippen molar-refractivity contribution in [1.82, 2.24) is 4.31 Å². The number of hydrogen-bond acceptors (Lipinski definition) is 4. The van der Waals surface area contributed by atoms with E-state index in [9.17, 15) is 13.2 Å². The quantitative estimate of drug-likeness (QED) is 0.505. The maximum Gasteiger partial charge on any atom is 0.243 e. The Morgan fingerprint density at radius 3 is 2.50 bits per heavy atom. The summed E-state index contributed by atoms with van der Waals surface area (Å²) in [6, 6.07) is 22.7. The van der Waals surface area contributed by atoms with Crippen LogP contribution in [0, 0.1) is 6.92 Å². The van der Waals surface area contributed by atoms with Crippen LogP contribution in [-0.2, 0) is 27.8 Å². The lowest BCUT2D eigenvalue weighted by atomic mass is 10.0. The van der Waals surface area contributed by atoms with Gasteiger partial charge in [-0.2, -0.15) is 4.31 Å². The van der Waals surface area contributed by atoms with Gasteiger partial charge in [-0.15, -0.1) is 11.8 Å². The van der Waals surface area contributed by atoms with E-state index in [1.54, 1.807) is 23.9 Å². The average molecular weight is 467 g/mol. The summed E-state index contributed by atoms with van der Waals surface area (Å²) in [5.74, 6) is 0.650. The predicted molar refractivity (Wildman–Crippen MR) is 129 cm³/mol. The number of carbonyl (C=O) groups excluding carboxylic acids is 1. The zero-order valence-electron chi connectivity index (χ0n) is 18.0. The Bertz CT molecular complexity index is 1190. The number of carbonyl (C=O) groups is 1. The van der Waals surface area contributed by atoms with Crippen molar-refractivity contribution in [2.45, 2.75) is 36.1 Å². The number of sulfonamides is 1. The van der Waals surface area contributed by atoms with E-state index in [1.807, 2.05) is 67.6 Å². The lowest BCUT2D eigenvalue weighted by Crippen LogP contribution is -2.36. The smallest absolute Gasteiger partial charge is 0.243 e. The van der Waals surface area contributed by atoms with Gasteiger partial charge in [-0.05, 0) is 60.9 Å². The third-order valence-electron chi connectivity index (χ3n) is 5.47. The molecule has 1 N–H and O–H groups in total. The number of thioether (sulfide) groups is 1. The molecule has 0 fully saturated rings. The van der Waals surface area contributed by atoms with E-state index < -0.39 is 10.0 Å². The highest BCUT2D eigenvalue weighted by Gasteiger charge is 2.28. The monoisotopic (exact) mass is 466 g/mol. The Kier molecular flexibility index (Phi) is 6.98. The molecule has 32 heavy (non-hydrogen) atoms. The minimum Gasteiger partial charge on any atom is -0.326 e. The number of rotatable bonds is 7. The molecule has 0 aromatic heterocycles. The Balaban J connectivity index is 1.39. The van der Waals surface area contributed by atoms with E-state index in [0.717, 1.165) is 21.6 Å². The highest BCUT2D eigenvalue weighted by molar-refractivity contribution is 7.99. The average Bonchev–Trinajstić information content (AvgIpc) is 2.79. The molecule has 3 aromatic rings. The Morgan fingerprint density at radius 1 is 1.00 bits per heavy atom. The summed E-state index contributed by atoms with van der Waals surface area (Å²) in [5.41, 5.74) is 3.78. The standard InChI is InChI=1S/C25H26N2O3S2/c1-19-7-11-24(12-8-19)32(29,30)27-15-13-20-9-10-22(17-21(20)18-27)26-25(28)14-16-31-23-5-3-2-4-6-23/h2-12,17H,13-16,18H2,1H3,(H,26,28). The van der Waals surface area contributed by atoms with Crippen LogP contribution < -0.4 is 5.32 Å². The summed E-state index contributed by atoms with van der Waals surface area (Å²) < 4.78 is 27.6. The number of fused-ring (bicyclic) bond motifs is 1. The molecule has 0 saturated heterocycles. The molecule has 1 amide bonds. The summed E-state index contributed by atoms with van der Waals surface area (Å²) in [7, 11) is -3.55. The molecular formula is C25H26N2O3S2. The molecule has 0 radical (unpaired) electrons. The van der Waals surface area contributed by atoms with Crippen LogP contribution in [0.15, 0.2) is 82.6 Å². The Hall–Kier alpha value is -2.61. The lowest BCUT2D eigenvalue weighted by molar-refractivity contribution is -0.115. The summed E-state index contributed by atoms with van der Waals surface area (Å²) in [4.78, 5) is 13.8. The van der Waals surface area contributed by atoms with Crippen LogP contribution in [-0.4, -0.2) is 30.9 Å². The van der Waals surface area contributed by atoms with Gasteiger partial charge < -0.3 is 5.32 Å². The fourth-order valence-electron chi connectivity index (χ4n) is 3.68. The fourth-order valence-corrected chi connectivity index (χ4v) is 5.97. The number of hydrogen-bond donors (Lipinski definition) is 1. The Labute approximate surface area is 193 Å². The Morgan fingerprint density at radius 2 is 1.75 bits per heavy atom. The van der Waals surface area contributed by atoms with E-state index in [2.05, 4.69) is 5.32 Å². The summed E-state index contributed by atoms with van der Waals surface area (Å²) >= 11 is 1.65. The van der Waals surface area contributed by atoms with Crippen molar-refractivity contribution in [3.05, 3.63) is 89.5 Å². The van der Waals surface area contributed by atoms with Gasteiger partial charge in [0, 0.05) is 35.8 Å². The van der Waals surface area contributed by atoms with Gasteiger partial charge in [-0.1, -0.05) is 42.0 Å². The molecule has 5 nitrogen and oxygen atoms in total. The van der Waals surface area contributed by atoms with Gasteiger partial charge in [0.2, 0.25) is 15.9 Å². The third-order valence-corrected chi connectivity index (χ3v) is 8.34. The van der Waals surface area contributed by atoms with Crippen molar-refractivity contribution in [1.29, 1.82) is 0 Å². The molecule has 0 spiro atoms. The SMILES string of the molecule is Cc1ccc(S(=O)(=O)N2CCc3ccc(NC(=O)CCSc4ccccc4)cc3C2)cc1. The first-order valence-corrected chi connectivity index (χ1v) is 13.0. The zero-order valence-corrected chi connectivity index (χ0v) is 19.6. The second kappa shape index (κ2) is 9.90. The van der Waals surface area contributed by atoms with Crippen LogP contribution >= 0.6 is 11.8 Å². The molecule has 1 heterocycles. The molecule has 1 aliphatic rings. The van der Waals surface area contributed by atoms with E-state index in [4.69, 9.17) is 0 Å². The highest BCUT2D eigenvalue weighted by atomic mass is 32.2. The first kappa shape index (κ1) is 22.6. The summed E-state index contributed by atoms with van der Waals surface area (Å²) in [6.45, 7) is 2.69. The summed E-state index contributed by atoms with van der Waals surface area (Å²) in [5, 5.41) is 2.95. The normalized spacial score (nSPS) is 14.0. The summed E-state index contributed by atoms with van der Waals surface area (Å²) in [6.07, 6.45) is 1.06. The lowest BCUT2D eigenvalue weighted by Gasteiger charge is -2.28. The highest BCUT2D eigenvalue weighted by Crippen LogP contribution is 2.27. The molecule has 0 saturated carbocycles. The van der Waals surface area contributed by atoms with Crippen LogP contribution in [0.1, 0.15) is 23.1 Å². The first-order chi connectivity index (χ1) is 15.4. The van der Waals surface area contributed by atoms with Crippen molar-refractivity contribution in [3.63, 3.8) is 0 Å². The van der Waals surface area contributed by atoms with Crippen molar-refractivity contribution in [2.24, 2.45) is 0 Å². The number of nitrogens with zero attached hydrogens (tertiary/aromatic N) is 1. The number of amides is 1. The molecule has 0 atom stereocenters. The van der Waals surface area contributed by atoms with Gasteiger partial charge in [-0.3, -0.25) is 4.79 Å². The van der Waals surface area contributed by atoms with E-state index >= 15 is 0 Å². The van der Waals surface area contributed by atoms with E-state index in [0.29, 0.717) is 42.3 Å². The fraction of sp³-hybridized carbons (Fsp3) is 0.240. The first-order valence-electron chi connectivity index (χ1n) is 10.6. The van der Waals surface area contributed by atoms with Crippen molar-refractivity contribution in [2.75, 3.05) is 17.6 Å². The molecule has 4 rings (SSSR count). The van der Waals surface area contributed by atoms with Gasteiger partial charge >= 0.3 is 0 Å². The molecule has 3 aromatic carbocycles. The van der Waals surface area contributed by atoms with Crippen molar-refractivity contribution >= 4 is 33.4 Å². The van der Waals surface area contributed by atoms with Crippen molar-refractivity contribution < 1.29 is 13.2 Å². The molecule has 7 heteroatoms. The predicted octanol–water partition coefficient (Wildman–Crippen LogP) is 4.86. The molecule has 0 unspecified atom stereocenters. The van der Waals surface area contributed by atoms with Gasteiger partial charge in [0.05, 0.1) is 4.90 Å². The van der Waals surface area contributed by atoms with E-state index in [1.165, 1.54) is 4.31 Å². The zero-order chi connectivity index (χ0) is 22.6. The van der Waals surface area contributed by atoms with Crippen LogP contribution in [0.4, 0.5) is 5.69 Å². The molecule has 166 valence electrons. The number of anilines is 1. The molecule has 1 aliphatic heterocycles. The van der Waals surface area contributed by atoms with Crippen molar-refractivity contribution in [3.8, 4) is 0 Å². The van der Waals surface area contributed by atoms with E-state index in [-0.39, 0.29) is 5.91 Å². The van der Waals surface area contributed by atoms with Gasteiger partial charge in [0.15, 0.2) is 0 Å². The molecule has 0 aliphatic carbocycles. The minimum atomic E-state index is -3.55. The third kappa shape index (κ3) is 5.41. The topological polar surface area (TPSA) is 66.5 Å². The maximum atomic E-state index is 13.1. The second-order valence-corrected chi connectivity index (χ2v) is 11.0. The minimum absolute atomic E-state index is 0.0478. The number of nitrogens with one attached hydrogen (secondary N) is 1. The van der Waals surface area contributed by atoms with Crippen LogP contribution in [0.5, 0.6) is 0 Å². The number of benzene rings is 3. The molecule has 0 bridgehead atoms. The van der Waals surface area contributed by atoms with Gasteiger partial charge in [0.1, 0.15) is 0 Å². The van der Waals surface area contributed by atoms with Gasteiger partial charge in [0.25, 0.3) is 0 Å². The largest absolute Gasteiger partial charge is 0.326 e. The van der Waals surface area contributed by atoms with Crippen LogP contribution in [0.2, 0.25) is 0 Å². The maximum absolute atomic E-state index is 13.1. The number of aryl methyl sites for hydroxylation is 1. The molecular weight excluding hydrogens is 440 g/mol. The second-order valence-electron chi connectivity index (χ2n) is 7.84. The van der Waals surface area contributed by atoms with Crippen LogP contribution in [0.3, 0.4) is 0 Å².